The topological polar surface area (TPSA) is 50.9 Å². The number of halogens is 1. The summed E-state index contributed by atoms with van der Waals surface area (Å²) in [6, 6.07) is 7.57. The van der Waals surface area contributed by atoms with E-state index in [1.54, 1.807) is 0 Å². The largest absolute Gasteiger partial charge is 0.446 e. The van der Waals surface area contributed by atoms with E-state index in [1.807, 2.05) is 24.3 Å². The lowest BCUT2D eigenvalue weighted by Crippen LogP contribution is -2.35. The Hall–Kier alpha value is -1.07. The minimum Gasteiger partial charge on any atom is -0.446 e. The Morgan fingerprint density at radius 3 is 3.05 bits per heavy atom. The first-order valence-corrected chi connectivity index (χ1v) is 8.87. The van der Waals surface area contributed by atoms with Crippen LogP contribution in [0.5, 0.6) is 0 Å². The van der Waals surface area contributed by atoms with Crippen molar-refractivity contribution in [2.24, 2.45) is 23.7 Å². The van der Waals surface area contributed by atoms with Gasteiger partial charge in [-0.25, -0.2) is 4.79 Å². The van der Waals surface area contributed by atoms with Crippen LogP contribution in [0.3, 0.4) is 0 Å². The molecule has 4 fully saturated rings. The van der Waals surface area contributed by atoms with Gasteiger partial charge in [0.25, 0.3) is 0 Å². The molecule has 0 radical (unpaired) electrons. The summed E-state index contributed by atoms with van der Waals surface area (Å²) in [4.78, 5) is 12.1. The fourth-order valence-electron chi connectivity index (χ4n) is 5.25. The van der Waals surface area contributed by atoms with E-state index in [-0.39, 0.29) is 12.2 Å². The van der Waals surface area contributed by atoms with Crippen molar-refractivity contribution in [2.75, 3.05) is 5.32 Å². The number of carbonyl (C=O) groups excluding carboxylic acids is 1. The molecule has 4 nitrogen and oxygen atoms in total. The van der Waals surface area contributed by atoms with Crippen molar-refractivity contribution in [3.8, 4) is 0 Å². The van der Waals surface area contributed by atoms with Crippen molar-refractivity contribution in [3.63, 3.8) is 0 Å². The number of amides is 1. The van der Waals surface area contributed by atoms with E-state index in [4.69, 9.17) is 9.47 Å². The zero-order valence-corrected chi connectivity index (χ0v) is 13.7. The van der Waals surface area contributed by atoms with Gasteiger partial charge in [0.05, 0.1) is 12.2 Å². The van der Waals surface area contributed by atoms with E-state index >= 15 is 0 Å². The Morgan fingerprint density at radius 2 is 2.18 bits per heavy atom. The summed E-state index contributed by atoms with van der Waals surface area (Å²) in [6.07, 6.45) is 4.25. The third kappa shape index (κ3) is 2.02. The highest BCUT2D eigenvalue weighted by Crippen LogP contribution is 2.64. The van der Waals surface area contributed by atoms with Crippen LogP contribution >= 0.6 is 15.9 Å². The van der Waals surface area contributed by atoms with Gasteiger partial charge in [-0.05, 0) is 61.1 Å². The van der Waals surface area contributed by atoms with Crippen LogP contribution in [0.15, 0.2) is 28.7 Å². The summed E-state index contributed by atoms with van der Waals surface area (Å²) in [5.74, 6) is 2.74. The molecule has 3 aliphatic carbocycles. The van der Waals surface area contributed by atoms with Gasteiger partial charge in [0, 0.05) is 10.2 Å². The Kier molecular flexibility index (Phi) is 2.87. The number of anilines is 1. The van der Waals surface area contributed by atoms with Gasteiger partial charge in [0.1, 0.15) is 6.10 Å². The van der Waals surface area contributed by atoms with Gasteiger partial charge in [-0.15, -0.1) is 0 Å². The molecule has 22 heavy (non-hydrogen) atoms. The van der Waals surface area contributed by atoms with Crippen LogP contribution in [-0.2, 0) is 9.47 Å². The Labute approximate surface area is 137 Å². The van der Waals surface area contributed by atoms with Gasteiger partial charge in [-0.2, -0.15) is 0 Å². The molecule has 1 saturated heterocycles. The van der Waals surface area contributed by atoms with Crippen molar-refractivity contribution in [2.45, 2.75) is 37.6 Å². The highest BCUT2D eigenvalue weighted by atomic mass is 79.9. The number of nitrogens with one attached hydrogen (secondary N) is 1. The van der Waals surface area contributed by atoms with Crippen LogP contribution in [0, 0.1) is 23.7 Å². The highest BCUT2D eigenvalue weighted by molar-refractivity contribution is 9.10. The van der Waals surface area contributed by atoms with E-state index in [2.05, 4.69) is 21.2 Å². The molecule has 1 heterocycles. The number of fused-ring (bicyclic) bond motifs is 7. The van der Waals surface area contributed by atoms with E-state index in [0.29, 0.717) is 24.0 Å². The summed E-state index contributed by atoms with van der Waals surface area (Å²) in [7, 11) is 0. The summed E-state index contributed by atoms with van der Waals surface area (Å²) >= 11 is 3.40. The second-order valence-electron chi connectivity index (χ2n) is 7.09. The van der Waals surface area contributed by atoms with Crippen molar-refractivity contribution < 1.29 is 14.3 Å². The molecule has 4 aliphatic rings. The first kappa shape index (κ1) is 13.4. The molecule has 1 aromatic carbocycles. The molecular formula is C17H18BrNO3. The minimum absolute atomic E-state index is 0.0934. The monoisotopic (exact) mass is 363 g/mol. The van der Waals surface area contributed by atoms with Crippen LogP contribution in [0.4, 0.5) is 10.5 Å². The molecule has 5 heteroatoms. The Bertz CT molecular complexity index is 636. The average molecular weight is 364 g/mol. The van der Waals surface area contributed by atoms with Crippen molar-refractivity contribution >= 4 is 27.7 Å². The fraction of sp³-hybridized carbons (Fsp3) is 0.588. The molecule has 2 bridgehead atoms. The van der Waals surface area contributed by atoms with Gasteiger partial charge in [-0.3, -0.25) is 5.32 Å². The van der Waals surface area contributed by atoms with Gasteiger partial charge in [0.15, 0.2) is 0 Å². The smallest absolute Gasteiger partial charge is 0.411 e. The number of carbonyl (C=O) groups is 1. The summed E-state index contributed by atoms with van der Waals surface area (Å²) in [6.45, 7) is 0. The molecule has 0 aromatic heterocycles. The second kappa shape index (κ2) is 4.71. The van der Waals surface area contributed by atoms with E-state index < -0.39 is 0 Å². The zero-order chi connectivity index (χ0) is 14.8. The summed E-state index contributed by atoms with van der Waals surface area (Å²) < 4.78 is 12.4. The number of ether oxygens (including phenoxy) is 2. The molecule has 1 aliphatic heterocycles. The number of epoxide rings is 1. The van der Waals surface area contributed by atoms with Crippen LogP contribution < -0.4 is 5.32 Å². The average Bonchev–Trinajstić information content (AvgIpc) is 2.82. The maximum absolute atomic E-state index is 12.1. The number of hydrogen-bond acceptors (Lipinski definition) is 3. The standard InChI is InChI=1S/C17H18BrNO3/c18-9-2-1-3-10(6-9)19-17(20)22-13-5-8-4-11(13)12-7-14-16(21-14)15(8)12/h1-3,6,8,11-16H,4-5,7H2,(H,19,20)/t8-,11-,12-,13-,14-,15-,16+/m1/s1. The quantitative estimate of drug-likeness (QED) is 0.812. The maximum Gasteiger partial charge on any atom is 0.411 e. The maximum atomic E-state index is 12.1. The third-order valence-corrected chi connectivity index (χ3v) is 6.50. The predicted octanol–water partition coefficient (Wildman–Crippen LogP) is 3.81. The molecule has 0 spiro atoms. The van der Waals surface area contributed by atoms with E-state index in [9.17, 15) is 4.79 Å². The molecule has 116 valence electrons. The first-order valence-electron chi connectivity index (χ1n) is 8.08. The number of benzene rings is 1. The van der Waals surface area contributed by atoms with Crippen LogP contribution in [0.25, 0.3) is 0 Å². The van der Waals surface area contributed by atoms with Crippen LogP contribution in [-0.4, -0.2) is 24.4 Å². The van der Waals surface area contributed by atoms with Crippen molar-refractivity contribution in [1.29, 1.82) is 0 Å². The van der Waals surface area contributed by atoms with E-state index in [1.165, 1.54) is 12.8 Å². The highest BCUT2D eigenvalue weighted by Gasteiger charge is 2.67. The van der Waals surface area contributed by atoms with Crippen molar-refractivity contribution in [3.05, 3.63) is 28.7 Å². The molecule has 1 aromatic rings. The second-order valence-corrected chi connectivity index (χ2v) is 8.01. The molecule has 1 N–H and O–H groups in total. The summed E-state index contributed by atoms with van der Waals surface area (Å²) in [5.41, 5.74) is 0.760. The molecule has 7 atom stereocenters. The van der Waals surface area contributed by atoms with Crippen molar-refractivity contribution in [1.82, 2.24) is 0 Å². The van der Waals surface area contributed by atoms with E-state index in [0.717, 1.165) is 28.4 Å². The lowest BCUT2D eigenvalue weighted by atomic mass is 9.79. The number of hydrogen-bond donors (Lipinski definition) is 1. The number of rotatable bonds is 2. The van der Waals surface area contributed by atoms with Gasteiger partial charge >= 0.3 is 6.09 Å². The SMILES string of the molecule is O=C(Nc1cccc(Br)c1)O[C@@H]1C[C@H]2C[C@@H]1[C@H]1C[C@H]3O[C@@H]3[C@H]21. The lowest BCUT2D eigenvalue weighted by Gasteiger charge is -2.32. The minimum atomic E-state index is -0.327. The zero-order valence-electron chi connectivity index (χ0n) is 12.1. The molecular weight excluding hydrogens is 346 g/mol. The van der Waals surface area contributed by atoms with Gasteiger partial charge in [0.2, 0.25) is 0 Å². The first-order chi connectivity index (χ1) is 10.7. The Balaban J connectivity index is 1.23. The fourth-order valence-corrected chi connectivity index (χ4v) is 5.65. The summed E-state index contributed by atoms with van der Waals surface area (Å²) in [5, 5.41) is 2.83. The normalized spacial score (nSPS) is 43.6. The molecule has 1 amide bonds. The molecule has 3 saturated carbocycles. The van der Waals surface area contributed by atoms with Gasteiger partial charge < -0.3 is 9.47 Å². The lowest BCUT2D eigenvalue weighted by molar-refractivity contribution is 0.0251. The Morgan fingerprint density at radius 1 is 1.27 bits per heavy atom. The predicted molar refractivity (Wildman–Crippen MR) is 84.5 cm³/mol. The van der Waals surface area contributed by atoms with Gasteiger partial charge in [-0.1, -0.05) is 22.0 Å². The molecule has 0 unspecified atom stereocenters. The molecule has 5 rings (SSSR count). The van der Waals surface area contributed by atoms with Crippen LogP contribution in [0.1, 0.15) is 19.3 Å². The van der Waals surface area contributed by atoms with Crippen LogP contribution in [0.2, 0.25) is 0 Å². The third-order valence-electron chi connectivity index (χ3n) is 6.01.